The van der Waals surface area contributed by atoms with Crippen molar-refractivity contribution in [2.24, 2.45) is 5.73 Å². The zero-order valence-electron chi connectivity index (χ0n) is 9.73. The summed E-state index contributed by atoms with van der Waals surface area (Å²) in [7, 11) is 0. The number of carboxylic acid groups (broad SMARTS) is 1. The van der Waals surface area contributed by atoms with E-state index in [0.717, 1.165) is 39.0 Å². The number of ether oxygens (including phenoxy) is 1. The summed E-state index contributed by atoms with van der Waals surface area (Å²) in [6, 6.07) is 0. The highest BCUT2D eigenvalue weighted by molar-refractivity contribution is 5.66. The first-order valence-corrected chi connectivity index (χ1v) is 5.98. The van der Waals surface area contributed by atoms with Crippen molar-refractivity contribution < 1.29 is 14.6 Å². The predicted octanol–water partition coefficient (Wildman–Crippen LogP) is 0.291. The summed E-state index contributed by atoms with van der Waals surface area (Å²) in [5.41, 5.74) is 5.39. The van der Waals surface area contributed by atoms with Gasteiger partial charge in [0.15, 0.2) is 0 Å². The van der Waals surface area contributed by atoms with Crippen molar-refractivity contribution in [3.63, 3.8) is 0 Å². The van der Waals surface area contributed by atoms with Gasteiger partial charge in [0.2, 0.25) is 0 Å². The summed E-state index contributed by atoms with van der Waals surface area (Å²) >= 11 is 0. The molecule has 0 bridgehead atoms. The number of hydrogen-bond donors (Lipinski definition) is 2. The van der Waals surface area contributed by atoms with Gasteiger partial charge in [-0.25, -0.2) is 0 Å². The molecule has 1 fully saturated rings. The Labute approximate surface area is 96.6 Å². The van der Waals surface area contributed by atoms with Crippen LogP contribution in [-0.4, -0.2) is 54.9 Å². The third kappa shape index (κ3) is 5.44. The molecule has 0 amide bonds. The molecule has 0 aliphatic carbocycles. The Kier molecular flexibility index (Phi) is 6.37. The molecule has 0 spiro atoms. The van der Waals surface area contributed by atoms with Crippen molar-refractivity contribution in [2.75, 3.05) is 32.8 Å². The lowest BCUT2D eigenvalue weighted by Gasteiger charge is -2.31. The monoisotopic (exact) mass is 230 g/mol. The van der Waals surface area contributed by atoms with E-state index in [0.29, 0.717) is 19.2 Å². The Morgan fingerprint density at radius 3 is 2.69 bits per heavy atom. The summed E-state index contributed by atoms with van der Waals surface area (Å²) < 4.78 is 5.67. The van der Waals surface area contributed by atoms with E-state index in [1.807, 2.05) is 0 Å². The third-order valence-corrected chi connectivity index (χ3v) is 2.88. The first-order chi connectivity index (χ1) is 7.72. The van der Waals surface area contributed by atoms with Gasteiger partial charge in [-0.2, -0.15) is 0 Å². The lowest BCUT2D eigenvalue weighted by atomic mass is 10.1. The average molecular weight is 230 g/mol. The SMILES string of the molecule is NCCCOC1CCN(CCC(=O)O)CC1. The van der Waals surface area contributed by atoms with E-state index in [2.05, 4.69) is 4.90 Å². The topological polar surface area (TPSA) is 75.8 Å². The fraction of sp³-hybridized carbons (Fsp3) is 0.909. The van der Waals surface area contributed by atoms with Crippen molar-refractivity contribution in [1.29, 1.82) is 0 Å². The summed E-state index contributed by atoms with van der Waals surface area (Å²) in [4.78, 5) is 12.6. The van der Waals surface area contributed by atoms with E-state index in [1.165, 1.54) is 0 Å². The van der Waals surface area contributed by atoms with Crippen LogP contribution in [0.4, 0.5) is 0 Å². The Morgan fingerprint density at radius 2 is 2.12 bits per heavy atom. The van der Waals surface area contributed by atoms with Crippen molar-refractivity contribution in [3.05, 3.63) is 0 Å². The maximum Gasteiger partial charge on any atom is 0.304 e. The molecule has 3 N–H and O–H groups in total. The minimum Gasteiger partial charge on any atom is -0.481 e. The first kappa shape index (κ1) is 13.4. The third-order valence-electron chi connectivity index (χ3n) is 2.88. The highest BCUT2D eigenvalue weighted by Gasteiger charge is 2.19. The molecule has 1 aliphatic rings. The predicted molar refractivity (Wildman–Crippen MR) is 61.3 cm³/mol. The number of hydrogen-bond acceptors (Lipinski definition) is 4. The van der Waals surface area contributed by atoms with Gasteiger partial charge in [0.25, 0.3) is 0 Å². The number of likely N-dealkylation sites (tertiary alicyclic amines) is 1. The number of carbonyl (C=O) groups is 1. The van der Waals surface area contributed by atoms with Crippen molar-refractivity contribution in [2.45, 2.75) is 31.8 Å². The summed E-state index contributed by atoms with van der Waals surface area (Å²) in [6.07, 6.45) is 3.50. The fourth-order valence-electron chi connectivity index (χ4n) is 1.89. The molecule has 5 heteroatoms. The van der Waals surface area contributed by atoms with Gasteiger partial charge in [0.1, 0.15) is 0 Å². The second-order valence-electron chi connectivity index (χ2n) is 4.20. The molecule has 0 aromatic carbocycles. The maximum atomic E-state index is 10.4. The smallest absolute Gasteiger partial charge is 0.304 e. The standard InChI is InChI=1S/C11H22N2O3/c12-5-1-9-16-10-2-6-13(7-3-10)8-4-11(14)15/h10H,1-9,12H2,(H,14,15). The molecular weight excluding hydrogens is 208 g/mol. The molecule has 94 valence electrons. The van der Waals surface area contributed by atoms with Crippen LogP contribution in [0.3, 0.4) is 0 Å². The molecule has 0 radical (unpaired) electrons. The van der Waals surface area contributed by atoms with Crippen LogP contribution in [0.1, 0.15) is 25.7 Å². The Balaban J connectivity index is 2.06. The van der Waals surface area contributed by atoms with Crippen LogP contribution < -0.4 is 5.73 Å². The van der Waals surface area contributed by atoms with Crippen LogP contribution in [-0.2, 0) is 9.53 Å². The molecule has 16 heavy (non-hydrogen) atoms. The Morgan fingerprint density at radius 1 is 1.44 bits per heavy atom. The summed E-state index contributed by atoms with van der Waals surface area (Å²) in [5.74, 6) is -0.721. The number of nitrogens with two attached hydrogens (primary N) is 1. The lowest BCUT2D eigenvalue weighted by Crippen LogP contribution is -2.38. The number of rotatable bonds is 7. The minimum absolute atomic E-state index is 0.235. The summed E-state index contributed by atoms with van der Waals surface area (Å²) in [6.45, 7) is 3.97. The lowest BCUT2D eigenvalue weighted by molar-refractivity contribution is -0.137. The quantitative estimate of drug-likeness (QED) is 0.615. The van der Waals surface area contributed by atoms with Gasteiger partial charge in [-0.1, -0.05) is 0 Å². The first-order valence-electron chi connectivity index (χ1n) is 5.98. The zero-order valence-corrected chi connectivity index (χ0v) is 9.73. The highest BCUT2D eigenvalue weighted by atomic mass is 16.5. The van der Waals surface area contributed by atoms with Crippen molar-refractivity contribution in [3.8, 4) is 0 Å². The number of nitrogens with zero attached hydrogens (tertiary/aromatic N) is 1. The fourth-order valence-corrected chi connectivity index (χ4v) is 1.89. The van der Waals surface area contributed by atoms with Crippen LogP contribution in [0.5, 0.6) is 0 Å². The normalized spacial score (nSPS) is 18.8. The molecule has 0 aromatic heterocycles. The van der Waals surface area contributed by atoms with Crippen molar-refractivity contribution >= 4 is 5.97 Å². The largest absolute Gasteiger partial charge is 0.481 e. The molecule has 5 nitrogen and oxygen atoms in total. The molecule has 1 saturated heterocycles. The summed E-state index contributed by atoms with van der Waals surface area (Å²) in [5, 5.41) is 8.58. The van der Waals surface area contributed by atoms with E-state index >= 15 is 0 Å². The molecule has 0 aromatic rings. The molecule has 0 saturated carbocycles. The van der Waals surface area contributed by atoms with Gasteiger partial charge in [-0.15, -0.1) is 0 Å². The number of aliphatic carboxylic acids is 1. The molecule has 1 aliphatic heterocycles. The van der Waals surface area contributed by atoms with Crippen LogP contribution in [0.15, 0.2) is 0 Å². The molecule has 1 heterocycles. The van der Waals surface area contributed by atoms with E-state index in [9.17, 15) is 4.79 Å². The molecule has 1 rings (SSSR count). The minimum atomic E-state index is -0.721. The van der Waals surface area contributed by atoms with Crippen LogP contribution in [0, 0.1) is 0 Å². The van der Waals surface area contributed by atoms with Gasteiger partial charge in [-0.05, 0) is 25.8 Å². The zero-order chi connectivity index (χ0) is 11.8. The molecule has 0 unspecified atom stereocenters. The van der Waals surface area contributed by atoms with Crippen LogP contribution in [0.2, 0.25) is 0 Å². The van der Waals surface area contributed by atoms with E-state index < -0.39 is 5.97 Å². The number of carboxylic acids is 1. The second-order valence-corrected chi connectivity index (χ2v) is 4.20. The Bertz CT molecular complexity index is 203. The molecule has 0 atom stereocenters. The van der Waals surface area contributed by atoms with E-state index in [-0.39, 0.29) is 6.42 Å². The molecular formula is C11H22N2O3. The van der Waals surface area contributed by atoms with Gasteiger partial charge in [0, 0.05) is 26.2 Å². The second kappa shape index (κ2) is 7.60. The van der Waals surface area contributed by atoms with E-state index in [4.69, 9.17) is 15.6 Å². The Hall–Kier alpha value is -0.650. The highest BCUT2D eigenvalue weighted by Crippen LogP contribution is 2.13. The average Bonchev–Trinajstić information content (AvgIpc) is 2.28. The maximum absolute atomic E-state index is 10.4. The van der Waals surface area contributed by atoms with Gasteiger partial charge >= 0.3 is 5.97 Å². The van der Waals surface area contributed by atoms with Gasteiger partial charge in [-0.3, -0.25) is 4.79 Å². The number of piperidine rings is 1. The van der Waals surface area contributed by atoms with Gasteiger partial charge < -0.3 is 20.5 Å². The van der Waals surface area contributed by atoms with Crippen LogP contribution in [0.25, 0.3) is 0 Å². The van der Waals surface area contributed by atoms with Gasteiger partial charge in [0.05, 0.1) is 12.5 Å². The van der Waals surface area contributed by atoms with Crippen LogP contribution >= 0.6 is 0 Å². The van der Waals surface area contributed by atoms with Crippen molar-refractivity contribution in [1.82, 2.24) is 4.90 Å². The van der Waals surface area contributed by atoms with E-state index in [1.54, 1.807) is 0 Å².